The second-order valence-corrected chi connectivity index (χ2v) is 9.58. The molecule has 1 amide bonds. The summed E-state index contributed by atoms with van der Waals surface area (Å²) in [4.78, 5) is 18.6. The number of carbonyl (C=O) groups excluding carboxylic acids is 1. The number of likely N-dealkylation sites (N-methyl/N-ethyl adjacent to an activating group) is 1. The van der Waals surface area contributed by atoms with E-state index in [-0.39, 0.29) is 16.9 Å². The van der Waals surface area contributed by atoms with E-state index in [0.717, 1.165) is 5.75 Å². The van der Waals surface area contributed by atoms with Gasteiger partial charge >= 0.3 is 0 Å². The number of hydrogen-bond donors (Lipinski definition) is 0. The third kappa shape index (κ3) is 5.37. The zero-order valence-electron chi connectivity index (χ0n) is 18.4. The number of rotatable bonds is 8. The molecule has 170 valence electrons. The quantitative estimate of drug-likeness (QED) is 0.607. The number of benzene rings is 1. The molecule has 0 N–H and O–H groups in total. The van der Waals surface area contributed by atoms with Crippen LogP contribution < -0.4 is 9.47 Å². The van der Waals surface area contributed by atoms with Gasteiger partial charge in [-0.2, -0.15) is 4.31 Å². The highest BCUT2D eigenvalue weighted by Crippen LogP contribution is 2.24. The summed E-state index contributed by atoms with van der Waals surface area (Å²) in [6.07, 6.45) is 2.51. The highest BCUT2D eigenvalue weighted by atomic mass is 32.2. The van der Waals surface area contributed by atoms with Gasteiger partial charge in [0.1, 0.15) is 23.9 Å². The third-order valence-electron chi connectivity index (χ3n) is 5.62. The maximum absolute atomic E-state index is 12.8. The molecule has 1 saturated heterocycles. The molecule has 0 unspecified atom stereocenters. The van der Waals surface area contributed by atoms with Crippen LogP contribution >= 0.6 is 0 Å². The maximum Gasteiger partial charge on any atom is 0.262 e. The minimum atomic E-state index is -3.64. The van der Waals surface area contributed by atoms with Crippen molar-refractivity contribution in [3.8, 4) is 11.5 Å². The minimum absolute atomic E-state index is 0.0176. The van der Waals surface area contributed by atoms with Crippen LogP contribution in [0.3, 0.4) is 0 Å². The lowest BCUT2D eigenvalue weighted by Gasteiger charge is -2.32. The van der Waals surface area contributed by atoms with Crippen molar-refractivity contribution < 1.29 is 22.7 Å². The van der Waals surface area contributed by atoms with Crippen LogP contribution in [0.25, 0.3) is 0 Å². The van der Waals surface area contributed by atoms with Crippen LogP contribution in [-0.2, 0) is 21.9 Å². The maximum atomic E-state index is 12.8. The van der Waals surface area contributed by atoms with Gasteiger partial charge in [-0.15, -0.1) is 0 Å². The fourth-order valence-electron chi connectivity index (χ4n) is 3.52. The highest BCUT2D eigenvalue weighted by Gasteiger charge is 2.34. The molecule has 9 nitrogen and oxygen atoms in total. The molecule has 0 bridgehead atoms. The largest absolute Gasteiger partial charge is 0.497 e. The van der Waals surface area contributed by atoms with Gasteiger partial charge in [0, 0.05) is 39.3 Å². The Kier molecular flexibility index (Phi) is 7.22. The van der Waals surface area contributed by atoms with Crippen LogP contribution in [0, 0.1) is 12.8 Å². The summed E-state index contributed by atoms with van der Waals surface area (Å²) in [7, 11) is 1.49. The zero-order valence-corrected chi connectivity index (χ0v) is 19.3. The first-order chi connectivity index (χ1) is 14.7. The molecular formula is C21H30N4O5S. The van der Waals surface area contributed by atoms with E-state index >= 15 is 0 Å². The van der Waals surface area contributed by atoms with Crippen molar-refractivity contribution in [2.75, 3.05) is 40.4 Å². The summed E-state index contributed by atoms with van der Waals surface area (Å²) in [5.74, 6) is 1.94. The van der Waals surface area contributed by atoms with E-state index in [0.29, 0.717) is 50.7 Å². The average molecular weight is 451 g/mol. The fourth-order valence-corrected chi connectivity index (χ4v) is 5.02. The summed E-state index contributed by atoms with van der Waals surface area (Å²) in [6, 6.07) is 7.27. The number of piperidine rings is 1. The van der Waals surface area contributed by atoms with Crippen LogP contribution in [0.1, 0.15) is 18.7 Å². The van der Waals surface area contributed by atoms with Gasteiger partial charge in [-0.1, -0.05) is 0 Å². The van der Waals surface area contributed by atoms with E-state index in [2.05, 4.69) is 4.98 Å². The lowest BCUT2D eigenvalue weighted by molar-refractivity contribution is -0.135. The number of aromatic nitrogens is 2. The molecule has 1 aromatic heterocycles. The van der Waals surface area contributed by atoms with E-state index in [4.69, 9.17) is 9.47 Å². The van der Waals surface area contributed by atoms with Crippen molar-refractivity contribution in [2.24, 2.45) is 13.0 Å². The van der Waals surface area contributed by atoms with Gasteiger partial charge in [0.25, 0.3) is 10.0 Å². The Hall–Kier alpha value is -2.59. The standard InChI is InChI=1S/C21H30N4O5S/c1-16-22-20(15-24(16)3)31(27,28)25-11-9-17(10-12-25)21(26)23(2)13-14-30-19-7-5-18(29-4)6-8-19/h5-8,15,17H,9-14H2,1-4H3. The summed E-state index contributed by atoms with van der Waals surface area (Å²) in [6.45, 7) is 3.21. The molecule has 10 heteroatoms. The van der Waals surface area contributed by atoms with Gasteiger partial charge in [0.15, 0.2) is 5.03 Å². The molecule has 0 saturated carbocycles. The Morgan fingerprint density at radius 3 is 2.35 bits per heavy atom. The molecule has 0 aliphatic carbocycles. The van der Waals surface area contributed by atoms with Crippen molar-refractivity contribution in [1.82, 2.24) is 18.8 Å². The molecule has 0 radical (unpaired) electrons. The Balaban J connectivity index is 1.47. The van der Waals surface area contributed by atoms with Crippen molar-refractivity contribution in [3.05, 3.63) is 36.3 Å². The monoisotopic (exact) mass is 450 g/mol. The first kappa shape index (κ1) is 23.1. The molecule has 3 rings (SSSR count). The second kappa shape index (κ2) is 9.69. The van der Waals surface area contributed by atoms with Crippen molar-refractivity contribution in [2.45, 2.75) is 24.8 Å². The summed E-state index contributed by atoms with van der Waals surface area (Å²) in [5.41, 5.74) is 0. The molecule has 2 heterocycles. The number of aryl methyl sites for hydroxylation is 2. The van der Waals surface area contributed by atoms with Gasteiger partial charge in [0.05, 0.1) is 13.7 Å². The van der Waals surface area contributed by atoms with E-state index in [1.54, 1.807) is 37.6 Å². The average Bonchev–Trinajstić information content (AvgIpc) is 3.12. The fraction of sp³-hybridized carbons (Fsp3) is 0.524. The number of imidazole rings is 1. The smallest absolute Gasteiger partial charge is 0.262 e. The lowest BCUT2D eigenvalue weighted by atomic mass is 9.97. The summed E-state index contributed by atoms with van der Waals surface area (Å²) < 4.78 is 39.5. The Morgan fingerprint density at radius 1 is 1.19 bits per heavy atom. The molecule has 1 aliphatic heterocycles. The van der Waals surface area contributed by atoms with E-state index in [9.17, 15) is 13.2 Å². The molecule has 31 heavy (non-hydrogen) atoms. The minimum Gasteiger partial charge on any atom is -0.497 e. The van der Waals surface area contributed by atoms with E-state index in [1.165, 1.54) is 10.5 Å². The molecule has 2 aromatic rings. The topological polar surface area (TPSA) is 94.0 Å². The van der Waals surface area contributed by atoms with Gasteiger partial charge in [-0.3, -0.25) is 4.79 Å². The van der Waals surface area contributed by atoms with Crippen LogP contribution in [0.5, 0.6) is 11.5 Å². The van der Waals surface area contributed by atoms with Crippen molar-refractivity contribution >= 4 is 15.9 Å². The van der Waals surface area contributed by atoms with Gasteiger partial charge in [-0.05, 0) is 44.0 Å². The number of hydrogen-bond acceptors (Lipinski definition) is 6. The first-order valence-corrected chi connectivity index (χ1v) is 11.7. The second-order valence-electron chi connectivity index (χ2n) is 7.70. The zero-order chi connectivity index (χ0) is 22.6. The Labute approximate surface area is 183 Å². The van der Waals surface area contributed by atoms with Gasteiger partial charge in [-0.25, -0.2) is 13.4 Å². The van der Waals surface area contributed by atoms with Gasteiger partial charge < -0.3 is 18.9 Å². The predicted octanol–water partition coefficient (Wildman–Crippen LogP) is 1.68. The van der Waals surface area contributed by atoms with E-state index in [1.807, 2.05) is 24.3 Å². The first-order valence-electron chi connectivity index (χ1n) is 10.2. The summed E-state index contributed by atoms with van der Waals surface area (Å²) in [5, 5.41) is 0.0603. The summed E-state index contributed by atoms with van der Waals surface area (Å²) >= 11 is 0. The molecule has 1 aromatic carbocycles. The lowest BCUT2D eigenvalue weighted by Crippen LogP contribution is -2.44. The number of methoxy groups -OCH3 is 1. The Morgan fingerprint density at radius 2 is 1.81 bits per heavy atom. The van der Waals surface area contributed by atoms with Crippen LogP contribution in [0.4, 0.5) is 0 Å². The van der Waals surface area contributed by atoms with Crippen molar-refractivity contribution in [3.63, 3.8) is 0 Å². The number of amides is 1. The Bertz CT molecular complexity index is 976. The molecule has 0 spiro atoms. The number of carbonyl (C=O) groups is 1. The van der Waals surface area contributed by atoms with Gasteiger partial charge in [0.2, 0.25) is 5.91 Å². The highest BCUT2D eigenvalue weighted by molar-refractivity contribution is 7.89. The number of ether oxygens (including phenoxy) is 2. The molecule has 0 atom stereocenters. The third-order valence-corrected chi connectivity index (χ3v) is 7.40. The normalized spacial score (nSPS) is 15.6. The number of nitrogens with zero attached hydrogens (tertiary/aromatic N) is 4. The molecule has 1 fully saturated rings. The van der Waals surface area contributed by atoms with Crippen LogP contribution in [0.15, 0.2) is 35.5 Å². The number of sulfonamides is 1. The van der Waals surface area contributed by atoms with Crippen LogP contribution in [-0.4, -0.2) is 73.5 Å². The molecular weight excluding hydrogens is 420 g/mol. The van der Waals surface area contributed by atoms with Crippen molar-refractivity contribution in [1.29, 1.82) is 0 Å². The SMILES string of the molecule is COc1ccc(OCCN(C)C(=O)C2CCN(S(=O)(=O)c3cn(C)c(C)n3)CC2)cc1. The molecule has 1 aliphatic rings. The van der Waals surface area contributed by atoms with E-state index < -0.39 is 10.0 Å². The predicted molar refractivity (Wildman–Crippen MR) is 116 cm³/mol. The van der Waals surface area contributed by atoms with Crippen LogP contribution in [0.2, 0.25) is 0 Å².